The molecule has 0 aliphatic rings. The Morgan fingerprint density at radius 3 is 2.53 bits per heavy atom. The average Bonchev–Trinajstić information content (AvgIpc) is 2.64. The molecule has 0 saturated heterocycles. The molecule has 2 aromatic heterocycles. The number of aromatic nitrogens is 3. The highest BCUT2D eigenvalue weighted by molar-refractivity contribution is 7.92. The third kappa shape index (κ3) is 2.83. The monoisotopic (exact) mass is 320 g/mol. The summed E-state index contributed by atoms with van der Waals surface area (Å²) in [5, 5.41) is 0.0920. The van der Waals surface area contributed by atoms with Crippen LogP contribution in [0.2, 0.25) is 10.3 Å². The lowest BCUT2D eigenvalue weighted by Gasteiger charge is -2.08. The number of hydrogen-bond acceptors (Lipinski definition) is 4. The van der Waals surface area contributed by atoms with Gasteiger partial charge in [-0.2, -0.15) is 8.42 Å². The minimum atomic E-state index is -3.86. The molecule has 9 heteroatoms. The van der Waals surface area contributed by atoms with Crippen LogP contribution in [0.4, 0.5) is 5.69 Å². The Kier molecular flexibility index (Phi) is 3.71. The van der Waals surface area contributed by atoms with E-state index in [0.29, 0.717) is 11.4 Å². The van der Waals surface area contributed by atoms with Crippen LogP contribution in [0.1, 0.15) is 5.69 Å². The second-order valence-electron chi connectivity index (χ2n) is 3.82. The van der Waals surface area contributed by atoms with E-state index in [4.69, 9.17) is 23.2 Å². The van der Waals surface area contributed by atoms with E-state index in [-0.39, 0.29) is 15.3 Å². The zero-order valence-corrected chi connectivity index (χ0v) is 12.4. The van der Waals surface area contributed by atoms with Crippen molar-refractivity contribution in [3.8, 4) is 0 Å². The van der Waals surface area contributed by atoms with Crippen molar-refractivity contribution in [3.63, 3.8) is 0 Å². The van der Waals surface area contributed by atoms with Crippen molar-refractivity contribution in [3.05, 3.63) is 34.5 Å². The second kappa shape index (κ2) is 4.99. The van der Waals surface area contributed by atoms with Gasteiger partial charge in [0.05, 0.1) is 17.7 Å². The Balaban J connectivity index is 2.39. The normalized spacial score (nSPS) is 11.6. The molecule has 0 fully saturated rings. The number of pyridine rings is 1. The number of nitrogens with zero attached hydrogens (tertiary/aromatic N) is 3. The van der Waals surface area contributed by atoms with Crippen molar-refractivity contribution >= 4 is 38.9 Å². The largest absolute Gasteiger partial charge is 0.324 e. The summed E-state index contributed by atoms with van der Waals surface area (Å²) >= 11 is 11.6. The minimum Gasteiger partial charge on any atom is -0.324 e. The van der Waals surface area contributed by atoms with Crippen molar-refractivity contribution in [2.75, 3.05) is 4.72 Å². The van der Waals surface area contributed by atoms with Crippen LogP contribution in [-0.4, -0.2) is 23.0 Å². The molecule has 2 aromatic rings. The van der Waals surface area contributed by atoms with Crippen molar-refractivity contribution < 1.29 is 8.42 Å². The van der Waals surface area contributed by atoms with Crippen LogP contribution in [0.5, 0.6) is 0 Å². The molecular weight excluding hydrogens is 311 g/mol. The number of nitrogens with one attached hydrogen (secondary N) is 1. The van der Waals surface area contributed by atoms with E-state index in [1.807, 2.05) is 0 Å². The highest BCUT2D eigenvalue weighted by Gasteiger charge is 2.23. The molecular formula is C10H10Cl2N4O2S. The summed E-state index contributed by atoms with van der Waals surface area (Å²) in [5.41, 5.74) is 0.786. The maximum absolute atomic E-state index is 12.1. The average molecular weight is 321 g/mol. The van der Waals surface area contributed by atoms with Crippen LogP contribution >= 0.6 is 23.2 Å². The molecule has 0 amide bonds. The van der Waals surface area contributed by atoms with E-state index in [1.165, 1.54) is 23.0 Å². The van der Waals surface area contributed by atoms with Gasteiger partial charge in [0.2, 0.25) is 5.03 Å². The number of sulfonamides is 1. The number of anilines is 1. The fourth-order valence-corrected chi connectivity index (χ4v) is 3.15. The Bertz CT molecular complexity index is 727. The van der Waals surface area contributed by atoms with E-state index in [1.54, 1.807) is 14.0 Å². The number of halogens is 2. The van der Waals surface area contributed by atoms with Gasteiger partial charge in [0.1, 0.15) is 10.3 Å². The molecule has 0 bridgehead atoms. The van der Waals surface area contributed by atoms with Crippen LogP contribution in [0, 0.1) is 6.92 Å². The van der Waals surface area contributed by atoms with Crippen LogP contribution in [0.25, 0.3) is 0 Å². The number of rotatable bonds is 3. The first-order valence-corrected chi connectivity index (χ1v) is 7.38. The van der Waals surface area contributed by atoms with Gasteiger partial charge in [0.15, 0.2) is 0 Å². The third-order valence-corrected chi connectivity index (χ3v) is 4.45. The van der Waals surface area contributed by atoms with Gasteiger partial charge < -0.3 is 4.57 Å². The molecule has 0 aliphatic carbocycles. The maximum Gasteiger partial charge on any atom is 0.282 e. The highest BCUT2D eigenvalue weighted by atomic mass is 35.5. The molecule has 0 atom stereocenters. The van der Waals surface area contributed by atoms with Gasteiger partial charge in [0, 0.05) is 7.05 Å². The molecule has 0 spiro atoms. The Labute approximate surface area is 120 Å². The van der Waals surface area contributed by atoms with Crippen molar-refractivity contribution in [1.82, 2.24) is 14.5 Å². The molecule has 6 nitrogen and oxygen atoms in total. The molecule has 2 rings (SSSR count). The molecule has 102 valence electrons. The minimum absolute atomic E-state index is 0.0343. The number of hydrogen-bond donors (Lipinski definition) is 1. The van der Waals surface area contributed by atoms with Gasteiger partial charge >= 0.3 is 0 Å². The molecule has 0 aromatic carbocycles. The summed E-state index contributed by atoms with van der Waals surface area (Å²) in [6.45, 7) is 1.64. The molecule has 2 heterocycles. The van der Waals surface area contributed by atoms with Crippen molar-refractivity contribution in [2.45, 2.75) is 11.9 Å². The van der Waals surface area contributed by atoms with Crippen molar-refractivity contribution in [1.29, 1.82) is 0 Å². The van der Waals surface area contributed by atoms with Crippen LogP contribution in [-0.2, 0) is 17.1 Å². The van der Waals surface area contributed by atoms with E-state index < -0.39 is 10.0 Å². The van der Waals surface area contributed by atoms with Gasteiger partial charge in [0.25, 0.3) is 10.0 Å². The van der Waals surface area contributed by atoms with E-state index in [9.17, 15) is 8.42 Å². The highest BCUT2D eigenvalue weighted by Crippen LogP contribution is 2.23. The smallest absolute Gasteiger partial charge is 0.282 e. The number of aryl methyl sites for hydroxylation is 2. The first-order valence-electron chi connectivity index (χ1n) is 5.14. The summed E-state index contributed by atoms with van der Waals surface area (Å²) < 4.78 is 28.1. The molecule has 1 N–H and O–H groups in total. The lowest BCUT2D eigenvalue weighted by atomic mass is 10.3. The molecule has 0 radical (unpaired) electrons. The van der Waals surface area contributed by atoms with E-state index >= 15 is 0 Å². The van der Waals surface area contributed by atoms with E-state index in [2.05, 4.69) is 14.7 Å². The Hall–Kier alpha value is -1.31. The first kappa shape index (κ1) is 14.1. The quantitative estimate of drug-likeness (QED) is 0.880. The van der Waals surface area contributed by atoms with Crippen LogP contribution in [0.15, 0.2) is 23.5 Å². The van der Waals surface area contributed by atoms with Crippen LogP contribution < -0.4 is 4.72 Å². The zero-order chi connectivity index (χ0) is 14.2. The van der Waals surface area contributed by atoms with Gasteiger partial charge in [-0.1, -0.05) is 23.2 Å². The third-order valence-electron chi connectivity index (χ3n) is 2.39. The van der Waals surface area contributed by atoms with Gasteiger partial charge in [-0.25, -0.2) is 9.97 Å². The lowest BCUT2D eigenvalue weighted by molar-refractivity contribution is 0.598. The molecule has 0 unspecified atom stereocenters. The predicted octanol–water partition coefficient (Wildman–Crippen LogP) is 2.23. The first-order chi connectivity index (χ1) is 8.81. The Morgan fingerprint density at radius 2 is 2.00 bits per heavy atom. The maximum atomic E-state index is 12.1. The molecule has 0 saturated carbocycles. The van der Waals surface area contributed by atoms with Gasteiger partial charge in [-0.3, -0.25) is 4.72 Å². The lowest BCUT2D eigenvalue weighted by Crippen LogP contribution is -2.15. The Morgan fingerprint density at radius 1 is 1.32 bits per heavy atom. The fraction of sp³-hybridized carbons (Fsp3) is 0.200. The van der Waals surface area contributed by atoms with Gasteiger partial charge in [-0.15, -0.1) is 0 Å². The second-order valence-corrected chi connectivity index (χ2v) is 6.17. The number of imidazole rings is 1. The fourth-order valence-electron chi connectivity index (χ4n) is 1.41. The topological polar surface area (TPSA) is 76.9 Å². The van der Waals surface area contributed by atoms with Crippen LogP contribution in [0.3, 0.4) is 0 Å². The summed E-state index contributed by atoms with van der Waals surface area (Å²) in [7, 11) is -2.25. The molecule has 19 heavy (non-hydrogen) atoms. The summed E-state index contributed by atoms with van der Waals surface area (Å²) in [4.78, 5) is 7.72. The SMILES string of the molecule is Cc1nc(Cl)ccc1NS(=O)(=O)c1ncn(C)c1Cl. The van der Waals surface area contributed by atoms with E-state index in [0.717, 1.165) is 0 Å². The molecule has 0 aliphatic heterocycles. The standard InChI is InChI=1S/C10H10Cl2N4O2S/c1-6-7(3-4-8(11)14-6)15-19(17,18)10-9(12)16(2)5-13-10/h3-5,15H,1-2H3. The summed E-state index contributed by atoms with van der Waals surface area (Å²) in [5.74, 6) is 0. The zero-order valence-electron chi connectivity index (χ0n) is 10.1. The van der Waals surface area contributed by atoms with Crippen molar-refractivity contribution in [2.24, 2.45) is 7.05 Å². The van der Waals surface area contributed by atoms with Gasteiger partial charge in [-0.05, 0) is 19.1 Å². The summed E-state index contributed by atoms with van der Waals surface area (Å²) in [6.07, 6.45) is 1.32. The summed E-state index contributed by atoms with van der Waals surface area (Å²) in [6, 6.07) is 3.02. The predicted molar refractivity (Wildman–Crippen MR) is 73.0 cm³/mol.